The summed E-state index contributed by atoms with van der Waals surface area (Å²) in [5.74, 6) is 0.222. The average Bonchev–Trinajstić information content (AvgIpc) is 3.22. The maximum absolute atomic E-state index is 13.0. The maximum atomic E-state index is 13.0. The predicted octanol–water partition coefficient (Wildman–Crippen LogP) is 3.84. The van der Waals surface area contributed by atoms with Gasteiger partial charge in [0.15, 0.2) is 5.82 Å². The zero-order chi connectivity index (χ0) is 20.1. The number of nitrogens with zero attached hydrogens (tertiary/aromatic N) is 6. The third-order valence-electron chi connectivity index (χ3n) is 5.18. The minimum atomic E-state index is -0.395. The summed E-state index contributed by atoms with van der Waals surface area (Å²) in [4.78, 5) is 12.7. The Labute approximate surface area is 178 Å². The molecular weight excluding hydrogens is 435 g/mol. The first-order valence-electron chi connectivity index (χ1n) is 9.91. The van der Waals surface area contributed by atoms with Crippen molar-refractivity contribution >= 4 is 21.9 Å². The first-order chi connectivity index (χ1) is 14.2. The van der Waals surface area contributed by atoms with Crippen molar-refractivity contribution in [2.24, 2.45) is 0 Å². The SMILES string of the molecule is Fc1cnc(N2CCN(CCCCn3cc(-c4ccc(Br)cc4)cn3)CC2)nc1. The molecule has 0 N–H and O–H groups in total. The highest BCUT2D eigenvalue weighted by molar-refractivity contribution is 9.10. The number of hydrogen-bond acceptors (Lipinski definition) is 5. The van der Waals surface area contributed by atoms with Gasteiger partial charge in [0.1, 0.15) is 0 Å². The molecule has 1 saturated heterocycles. The van der Waals surface area contributed by atoms with Crippen molar-refractivity contribution in [1.29, 1.82) is 0 Å². The Morgan fingerprint density at radius 1 is 0.862 bits per heavy atom. The van der Waals surface area contributed by atoms with Crippen LogP contribution >= 0.6 is 15.9 Å². The Morgan fingerprint density at radius 3 is 2.28 bits per heavy atom. The van der Waals surface area contributed by atoms with Crippen LogP contribution in [0.4, 0.5) is 10.3 Å². The summed E-state index contributed by atoms with van der Waals surface area (Å²) in [6.07, 6.45) is 8.74. The van der Waals surface area contributed by atoms with Gasteiger partial charge < -0.3 is 4.90 Å². The minimum absolute atomic E-state index is 0.395. The van der Waals surface area contributed by atoms with E-state index in [1.54, 1.807) is 0 Å². The van der Waals surface area contributed by atoms with Crippen LogP contribution < -0.4 is 4.90 Å². The average molecular weight is 459 g/mol. The largest absolute Gasteiger partial charge is 0.338 e. The van der Waals surface area contributed by atoms with Gasteiger partial charge in [-0.25, -0.2) is 14.4 Å². The second-order valence-electron chi connectivity index (χ2n) is 7.24. The van der Waals surface area contributed by atoms with Gasteiger partial charge in [-0.05, 0) is 37.1 Å². The molecule has 1 aromatic carbocycles. The molecule has 2 aromatic heterocycles. The number of aryl methyl sites for hydroxylation is 1. The molecule has 0 saturated carbocycles. The van der Waals surface area contributed by atoms with E-state index in [-0.39, 0.29) is 0 Å². The van der Waals surface area contributed by atoms with Crippen LogP contribution in [0.5, 0.6) is 0 Å². The van der Waals surface area contributed by atoms with Gasteiger partial charge in [0.2, 0.25) is 5.95 Å². The quantitative estimate of drug-likeness (QED) is 0.503. The second-order valence-corrected chi connectivity index (χ2v) is 8.15. The Morgan fingerprint density at radius 2 is 1.55 bits per heavy atom. The van der Waals surface area contributed by atoms with E-state index < -0.39 is 5.82 Å². The summed E-state index contributed by atoms with van der Waals surface area (Å²) in [7, 11) is 0. The molecule has 0 bridgehead atoms. The maximum Gasteiger partial charge on any atom is 0.225 e. The van der Waals surface area contributed by atoms with E-state index in [2.05, 4.69) is 71.3 Å². The molecule has 8 heteroatoms. The molecule has 0 spiro atoms. The molecule has 29 heavy (non-hydrogen) atoms. The predicted molar refractivity (Wildman–Crippen MR) is 115 cm³/mol. The third-order valence-corrected chi connectivity index (χ3v) is 5.71. The van der Waals surface area contributed by atoms with Crippen LogP contribution in [0.15, 0.2) is 53.5 Å². The lowest BCUT2D eigenvalue weighted by Gasteiger charge is -2.34. The summed E-state index contributed by atoms with van der Waals surface area (Å²) in [6, 6.07) is 8.30. The van der Waals surface area contributed by atoms with Crippen molar-refractivity contribution in [1.82, 2.24) is 24.6 Å². The molecule has 3 aromatic rings. The highest BCUT2D eigenvalue weighted by atomic mass is 79.9. The molecule has 0 aliphatic carbocycles. The molecule has 0 amide bonds. The Hall–Kier alpha value is -2.32. The lowest BCUT2D eigenvalue weighted by atomic mass is 10.1. The number of anilines is 1. The summed E-state index contributed by atoms with van der Waals surface area (Å²) in [5, 5.41) is 4.49. The van der Waals surface area contributed by atoms with E-state index in [1.165, 1.54) is 18.0 Å². The van der Waals surface area contributed by atoms with Gasteiger partial charge in [0.05, 0.1) is 18.6 Å². The molecule has 152 valence electrons. The van der Waals surface area contributed by atoms with Crippen LogP contribution in [0.3, 0.4) is 0 Å². The zero-order valence-corrected chi connectivity index (χ0v) is 17.8. The highest BCUT2D eigenvalue weighted by Crippen LogP contribution is 2.21. The Bertz CT molecular complexity index is 904. The number of aromatic nitrogens is 4. The number of halogens is 2. The second kappa shape index (κ2) is 9.45. The van der Waals surface area contributed by atoms with E-state index in [1.807, 2.05) is 10.9 Å². The molecule has 0 unspecified atom stereocenters. The van der Waals surface area contributed by atoms with E-state index in [0.29, 0.717) is 5.95 Å². The van der Waals surface area contributed by atoms with Gasteiger partial charge in [-0.1, -0.05) is 28.1 Å². The first-order valence-corrected chi connectivity index (χ1v) is 10.7. The molecule has 1 fully saturated rings. The molecule has 4 rings (SSSR count). The van der Waals surface area contributed by atoms with Crippen LogP contribution in [0, 0.1) is 5.82 Å². The molecule has 1 aliphatic rings. The van der Waals surface area contributed by atoms with Gasteiger partial charge in [0, 0.05) is 49.0 Å². The topological polar surface area (TPSA) is 50.1 Å². The van der Waals surface area contributed by atoms with Crippen molar-refractivity contribution in [2.75, 3.05) is 37.6 Å². The molecule has 3 heterocycles. The fourth-order valence-corrected chi connectivity index (χ4v) is 3.79. The summed E-state index contributed by atoms with van der Waals surface area (Å²) in [6.45, 7) is 5.73. The number of piperazine rings is 1. The molecule has 6 nitrogen and oxygen atoms in total. The van der Waals surface area contributed by atoms with Crippen molar-refractivity contribution in [3.05, 3.63) is 59.3 Å². The van der Waals surface area contributed by atoms with Crippen molar-refractivity contribution in [3.8, 4) is 11.1 Å². The smallest absolute Gasteiger partial charge is 0.225 e. The highest BCUT2D eigenvalue weighted by Gasteiger charge is 2.18. The van der Waals surface area contributed by atoms with Crippen molar-refractivity contribution in [3.63, 3.8) is 0 Å². The van der Waals surface area contributed by atoms with Gasteiger partial charge in [-0.15, -0.1) is 0 Å². The van der Waals surface area contributed by atoms with Crippen LogP contribution in [-0.4, -0.2) is 57.4 Å². The summed E-state index contributed by atoms with van der Waals surface area (Å²) in [5.41, 5.74) is 2.33. The van der Waals surface area contributed by atoms with E-state index >= 15 is 0 Å². The number of hydrogen-bond donors (Lipinski definition) is 0. The molecule has 1 aliphatic heterocycles. The fraction of sp³-hybridized carbons (Fsp3) is 0.381. The number of unbranched alkanes of at least 4 members (excludes halogenated alkanes) is 1. The number of rotatable bonds is 7. The monoisotopic (exact) mass is 458 g/mol. The van der Waals surface area contributed by atoms with Crippen molar-refractivity contribution in [2.45, 2.75) is 19.4 Å². The zero-order valence-electron chi connectivity index (χ0n) is 16.2. The summed E-state index contributed by atoms with van der Waals surface area (Å²) >= 11 is 3.47. The van der Waals surface area contributed by atoms with Gasteiger partial charge in [0.25, 0.3) is 0 Å². The van der Waals surface area contributed by atoms with Crippen molar-refractivity contribution < 1.29 is 4.39 Å². The van der Waals surface area contributed by atoms with Gasteiger partial charge >= 0.3 is 0 Å². The molecule has 0 atom stereocenters. The lowest BCUT2D eigenvalue weighted by molar-refractivity contribution is 0.249. The van der Waals surface area contributed by atoms with Crippen LogP contribution in [0.25, 0.3) is 11.1 Å². The van der Waals surface area contributed by atoms with E-state index in [0.717, 1.165) is 62.1 Å². The lowest BCUT2D eigenvalue weighted by Crippen LogP contribution is -2.47. The molecule has 0 radical (unpaired) electrons. The number of benzene rings is 1. The van der Waals surface area contributed by atoms with Gasteiger partial charge in [-0.2, -0.15) is 5.10 Å². The van der Waals surface area contributed by atoms with Gasteiger partial charge in [-0.3, -0.25) is 9.58 Å². The Balaban J connectivity index is 1.17. The van der Waals surface area contributed by atoms with E-state index in [4.69, 9.17) is 0 Å². The first kappa shape index (κ1) is 20.0. The minimum Gasteiger partial charge on any atom is -0.338 e. The third kappa shape index (κ3) is 5.39. The standard InChI is InChI=1S/C21H24BrFN6/c22-19-5-3-17(4-6-19)18-13-26-29(16-18)8-2-1-7-27-9-11-28(12-10-27)21-24-14-20(23)15-25-21/h3-6,13-16H,1-2,7-12H2. The van der Waals surface area contributed by atoms with Crippen LogP contribution in [0.1, 0.15) is 12.8 Å². The fourth-order valence-electron chi connectivity index (χ4n) is 3.53. The van der Waals surface area contributed by atoms with Crippen LogP contribution in [-0.2, 0) is 6.54 Å². The normalized spacial score (nSPS) is 15.0. The summed E-state index contributed by atoms with van der Waals surface area (Å²) < 4.78 is 16.1. The van der Waals surface area contributed by atoms with Crippen LogP contribution in [0.2, 0.25) is 0 Å². The molecular formula is C21H24BrFN6. The van der Waals surface area contributed by atoms with E-state index in [9.17, 15) is 4.39 Å². The Kier molecular flexibility index (Phi) is 6.51.